The van der Waals surface area contributed by atoms with Crippen LogP contribution in [0.25, 0.3) is 0 Å². The van der Waals surface area contributed by atoms with Gasteiger partial charge in [-0.15, -0.1) is 35.3 Å². The zero-order chi connectivity index (χ0) is 13.5. The minimum Gasteiger partial charge on any atom is -0.370 e. The van der Waals surface area contributed by atoms with E-state index in [4.69, 9.17) is 17.3 Å². The smallest absolute Gasteiger partial charge is 0.188 e. The fraction of sp³-hybridized carbons (Fsp3) is 0.231. The maximum atomic E-state index is 5.78. The number of nitrogens with two attached hydrogens (primary N) is 1. The molecule has 0 aliphatic heterocycles. The number of hydrogen-bond donors (Lipinski definition) is 2. The zero-order valence-corrected chi connectivity index (χ0v) is 14.7. The highest BCUT2D eigenvalue weighted by molar-refractivity contribution is 14.0. The van der Waals surface area contributed by atoms with Crippen molar-refractivity contribution in [2.24, 2.45) is 10.7 Å². The van der Waals surface area contributed by atoms with Crippen LogP contribution < -0.4 is 11.1 Å². The van der Waals surface area contributed by atoms with Crippen molar-refractivity contribution in [3.63, 3.8) is 0 Å². The minimum atomic E-state index is 0. The molecule has 0 aliphatic rings. The van der Waals surface area contributed by atoms with Crippen molar-refractivity contribution in [2.45, 2.75) is 13.0 Å². The van der Waals surface area contributed by atoms with Gasteiger partial charge in [-0.25, -0.2) is 4.99 Å². The van der Waals surface area contributed by atoms with Crippen molar-refractivity contribution in [1.29, 1.82) is 0 Å². The van der Waals surface area contributed by atoms with Gasteiger partial charge in [-0.05, 0) is 30.0 Å². The number of pyridine rings is 1. The number of halogens is 2. The van der Waals surface area contributed by atoms with Crippen LogP contribution >= 0.6 is 46.9 Å². The lowest BCUT2D eigenvalue weighted by Crippen LogP contribution is -2.33. The molecule has 0 fully saturated rings. The number of thiophene rings is 1. The number of aromatic nitrogens is 1. The topological polar surface area (TPSA) is 63.3 Å². The van der Waals surface area contributed by atoms with Gasteiger partial charge in [-0.1, -0.05) is 17.7 Å². The molecule has 2 heterocycles. The molecule has 0 saturated heterocycles. The summed E-state index contributed by atoms with van der Waals surface area (Å²) in [5, 5.41) is 5.77. The highest BCUT2D eigenvalue weighted by Gasteiger charge is 1.96. The van der Waals surface area contributed by atoms with Crippen LogP contribution in [0.1, 0.15) is 10.6 Å². The molecule has 3 N–H and O–H groups in total. The summed E-state index contributed by atoms with van der Waals surface area (Å²) < 4.78 is 0. The standard InChI is InChI=1S/C13H15ClN4S.HI/c14-10-3-4-11(17-8-10)9-18-13(15)16-6-5-12-2-1-7-19-12;/h1-4,7-8H,5-6,9H2,(H3,15,16,18);1H. The van der Waals surface area contributed by atoms with E-state index in [9.17, 15) is 0 Å². The van der Waals surface area contributed by atoms with Crippen LogP contribution in [0.5, 0.6) is 0 Å². The Kier molecular flexibility index (Phi) is 7.86. The number of nitrogens with one attached hydrogen (secondary N) is 1. The average molecular weight is 423 g/mol. The molecule has 0 spiro atoms. The molecule has 7 heteroatoms. The first-order valence-corrected chi connectivity index (χ1v) is 7.16. The molecule has 2 aromatic heterocycles. The Balaban J connectivity index is 0.00000200. The van der Waals surface area contributed by atoms with Crippen molar-refractivity contribution in [1.82, 2.24) is 10.3 Å². The summed E-state index contributed by atoms with van der Waals surface area (Å²) in [4.78, 5) is 9.71. The molecule has 2 rings (SSSR count). The first kappa shape index (κ1) is 17.2. The molecular formula is C13H16ClIN4S. The molecule has 0 bridgehead atoms. The fourth-order valence-corrected chi connectivity index (χ4v) is 2.31. The van der Waals surface area contributed by atoms with E-state index in [-0.39, 0.29) is 24.0 Å². The van der Waals surface area contributed by atoms with Crippen molar-refractivity contribution in [3.8, 4) is 0 Å². The molecule has 0 atom stereocenters. The first-order valence-electron chi connectivity index (χ1n) is 5.90. The zero-order valence-electron chi connectivity index (χ0n) is 10.8. The van der Waals surface area contributed by atoms with Crippen LogP contribution in [-0.2, 0) is 13.0 Å². The van der Waals surface area contributed by atoms with Gasteiger partial charge in [0.1, 0.15) is 0 Å². The first-order chi connectivity index (χ1) is 9.24. The average Bonchev–Trinajstić information content (AvgIpc) is 2.91. The van der Waals surface area contributed by atoms with Crippen LogP contribution in [0.4, 0.5) is 0 Å². The Hall–Kier alpha value is -0.860. The maximum absolute atomic E-state index is 5.78. The Morgan fingerprint density at radius 3 is 2.90 bits per heavy atom. The molecule has 0 unspecified atom stereocenters. The van der Waals surface area contributed by atoms with Crippen molar-refractivity contribution in [3.05, 3.63) is 51.4 Å². The minimum absolute atomic E-state index is 0. The summed E-state index contributed by atoms with van der Waals surface area (Å²) in [5.41, 5.74) is 6.62. The van der Waals surface area contributed by atoms with E-state index in [1.807, 2.05) is 12.1 Å². The predicted octanol–water partition coefficient (Wildman–Crippen LogP) is 3.06. The lowest BCUT2D eigenvalue weighted by molar-refractivity contribution is 0.853. The fourth-order valence-electron chi connectivity index (χ4n) is 1.49. The van der Waals surface area contributed by atoms with Crippen molar-refractivity contribution >= 4 is 52.9 Å². The number of hydrogen-bond acceptors (Lipinski definition) is 3. The van der Waals surface area contributed by atoms with Gasteiger partial charge in [0.2, 0.25) is 0 Å². The molecule has 0 saturated carbocycles. The summed E-state index contributed by atoms with van der Waals surface area (Å²) in [6, 6.07) is 7.78. The van der Waals surface area contributed by atoms with E-state index in [2.05, 4.69) is 26.7 Å². The second kappa shape index (κ2) is 9.15. The van der Waals surface area contributed by atoms with Gasteiger partial charge in [0, 0.05) is 17.6 Å². The monoisotopic (exact) mass is 422 g/mol. The Bertz CT molecular complexity index is 528. The van der Waals surface area contributed by atoms with E-state index >= 15 is 0 Å². The molecule has 20 heavy (non-hydrogen) atoms. The molecule has 0 aliphatic carbocycles. The Labute approximate surface area is 144 Å². The molecule has 0 radical (unpaired) electrons. The van der Waals surface area contributed by atoms with Crippen LogP contribution in [0.15, 0.2) is 40.8 Å². The number of rotatable bonds is 5. The van der Waals surface area contributed by atoms with Gasteiger partial charge in [0.05, 0.1) is 17.3 Å². The molecule has 0 aromatic carbocycles. The van der Waals surface area contributed by atoms with Crippen molar-refractivity contribution in [2.75, 3.05) is 6.54 Å². The summed E-state index contributed by atoms with van der Waals surface area (Å²) >= 11 is 7.50. The van der Waals surface area contributed by atoms with E-state index in [0.29, 0.717) is 17.5 Å². The van der Waals surface area contributed by atoms with Gasteiger partial charge in [-0.3, -0.25) is 4.98 Å². The lowest BCUT2D eigenvalue weighted by atomic mass is 10.3. The number of guanidine groups is 1. The third-order valence-electron chi connectivity index (χ3n) is 2.46. The SMILES string of the molecule is I.NC(=NCc1ccc(Cl)cn1)NCCc1cccs1. The quantitative estimate of drug-likeness (QED) is 0.442. The summed E-state index contributed by atoms with van der Waals surface area (Å²) in [5.74, 6) is 0.438. The van der Waals surface area contributed by atoms with Gasteiger partial charge >= 0.3 is 0 Å². The van der Waals surface area contributed by atoms with Crippen LogP contribution in [0, 0.1) is 0 Å². The van der Waals surface area contributed by atoms with E-state index in [0.717, 1.165) is 18.7 Å². The van der Waals surface area contributed by atoms with Gasteiger partial charge < -0.3 is 11.1 Å². The molecular weight excluding hydrogens is 407 g/mol. The summed E-state index contributed by atoms with van der Waals surface area (Å²) in [7, 11) is 0. The van der Waals surface area contributed by atoms with Crippen molar-refractivity contribution < 1.29 is 0 Å². The molecule has 0 amide bonds. The Morgan fingerprint density at radius 2 is 2.25 bits per heavy atom. The second-order valence-corrected chi connectivity index (χ2v) is 5.39. The van der Waals surface area contributed by atoms with E-state index in [1.165, 1.54) is 4.88 Å². The van der Waals surface area contributed by atoms with Gasteiger partial charge in [0.25, 0.3) is 0 Å². The highest BCUT2D eigenvalue weighted by atomic mass is 127. The number of aliphatic imine (C=N–C) groups is 1. The summed E-state index contributed by atoms with van der Waals surface area (Å²) in [6.07, 6.45) is 2.56. The highest BCUT2D eigenvalue weighted by Crippen LogP contribution is 2.08. The summed E-state index contributed by atoms with van der Waals surface area (Å²) in [6.45, 7) is 1.24. The van der Waals surface area contributed by atoms with E-state index < -0.39 is 0 Å². The second-order valence-electron chi connectivity index (χ2n) is 3.93. The largest absolute Gasteiger partial charge is 0.370 e. The Morgan fingerprint density at radius 1 is 1.40 bits per heavy atom. The van der Waals surface area contributed by atoms with Crippen LogP contribution in [0.2, 0.25) is 5.02 Å². The third-order valence-corrected chi connectivity index (χ3v) is 3.62. The van der Waals surface area contributed by atoms with Crippen LogP contribution in [-0.4, -0.2) is 17.5 Å². The van der Waals surface area contributed by atoms with E-state index in [1.54, 1.807) is 23.6 Å². The lowest BCUT2D eigenvalue weighted by Gasteiger charge is -2.04. The molecule has 4 nitrogen and oxygen atoms in total. The van der Waals surface area contributed by atoms with Gasteiger partial charge in [-0.2, -0.15) is 0 Å². The van der Waals surface area contributed by atoms with Crippen LogP contribution in [0.3, 0.4) is 0 Å². The third kappa shape index (κ3) is 6.06. The number of nitrogens with zero attached hydrogens (tertiary/aromatic N) is 2. The maximum Gasteiger partial charge on any atom is 0.188 e. The normalized spacial score (nSPS) is 10.9. The predicted molar refractivity (Wildman–Crippen MR) is 96.0 cm³/mol. The molecule has 108 valence electrons. The molecule has 2 aromatic rings. The van der Waals surface area contributed by atoms with Gasteiger partial charge in [0.15, 0.2) is 5.96 Å².